The molecule has 0 bridgehead atoms. The largest absolute Gasteiger partial charge is 0.472 e. The fraction of sp³-hybridized carbons (Fsp3) is 0.939. The molecular formula is C49H100N2O6P+. The maximum Gasteiger partial charge on any atom is 0.472 e. The number of phosphoric ester groups is 1. The molecule has 0 saturated carbocycles. The Morgan fingerprint density at radius 1 is 0.569 bits per heavy atom. The normalized spacial score (nSPS) is 14.3. The number of carbonyl (C=O) groups is 1. The molecule has 1 amide bonds. The molecule has 0 heterocycles. The summed E-state index contributed by atoms with van der Waals surface area (Å²) in [6.45, 7) is 4.91. The fourth-order valence-electron chi connectivity index (χ4n) is 7.51. The molecule has 3 N–H and O–H groups in total. The number of allylic oxidation sites excluding steroid dienone is 2. The second-order valence-corrected chi connectivity index (χ2v) is 20.0. The average Bonchev–Trinajstić information content (AvgIpc) is 3.17. The van der Waals surface area contributed by atoms with Crippen LogP contribution in [0.15, 0.2) is 12.2 Å². The van der Waals surface area contributed by atoms with Crippen molar-refractivity contribution in [2.24, 2.45) is 0 Å². The van der Waals surface area contributed by atoms with E-state index in [0.29, 0.717) is 23.9 Å². The Kier molecular flexibility index (Phi) is 41.0. The van der Waals surface area contributed by atoms with Gasteiger partial charge < -0.3 is 19.8 Å². The van der Waals surface area contributed by atoms with Crippen molar-refractivity contribution >= 4 is 13.7 Å². The van der Waals surface area contributed by atoms with E-state index in [-0.39, 0.29) is 19.1 Å². The SMILES string of the molecule is CCCCCCCCCC/C=C\CCCCCCCCCC(=O)NC(COP(=O)(O)OCC[N+](C)(C)C)C(O)CCCCCCCCCCCCCCCCCCC. The Hall–Kier alpha value is -0.760. The van der Waals surface area contributed by atoms with E-state index in [1.165, 1.54) is 180 Å². The van der Waals surface area contributed by atoms with Crippen LogP contribution in [0.5, 0.6) is 0 Å². The molecule has 0 fully saturated rings. The molecule has 0 aliphatic carbocycles. The molecular weight excluding hydrogens is 744 g/mol. The van der Waals surface area contributed by atoms with Gasteiger partial charge in [-0.05, 0) is 38.5 Å². The molecule has 0 saturated heterocycles. The number of nitrogens with one attached hydrogen (secondary N) is 1. The van der Waals surface area contributed by atoms with Crippen molar-refractivity contribution in [3.63, 3.8) is 0 Å². The van der Waals surface area contributed by atoms with Crippen LogP contribution < -0.4 is 5.32 Å². The number of quaternary nitrogens is 1. The van der Waals surface area contributed by atoms with E-state index in [1.54, 1.807) is 0 Å². The van der Waals surface area contributed by atoms with Crippen molar-refractivity contribution < 1.29 is 32.9 Å². The van der Waals surface area contributed by atoms with Gasteiger partial charge in [0.2, 0.25) is 5.91 Å². The molecule has 0 aliphatic heterocycles. The fourth-order valence-corrected chi connectivity index (χ4v) is 8.25. The highest BCUT2D eigenvalue weighted by Crippen LogP contribution is 2.43. The van der Waals surface area contributed by atoms with Gasteiger partial charge in [0.05, 0.1) is 39.9 Å². The van der Waals surface area contributed by atoms with Crippen LogP contribution in [0.2, 0.25) is 0 Å². The molecule has 9 heteroatoms. The van der Waals surface area contributed by atoms with E-state index < -0.39 is 20.0 Å². The summed E-state index contributed by atoms with van der Waals surface area (Å²) < 4.78 is 23.7. The first-order valence-corrected chi connectivity index (χ1v) is 26.5. The highest BCUT2D eigenvalue weighted by molar-refractivity contribution is 7.47. The van der Waals surface area contributed by atoms with Crippen molar-refractivity contribution in [1.29, 1.82) is 0 Å². The van der Waals surface area contributed by atoms with Gasteiger partial charge in [-0.15, -0.1) is 0 Å². The van der Waals surface area contributed by atoms with Gasteiger partial charge >= 0.3 is 7.82 Å². The van der Waals surface area contributed by atoms with Crippen molar-refractivity contribution in [2.45, 2.75) is 257 Å². The minimum absolute atomic E-state index is 0.0760. The number of amides is 1. The Labute approximate surface area is 361 Å². The van der Waals surface area contributed by atoms with Crippen molar-refractivity contribution in [3.8, 4) is 0 Å². The summed E-state index contributed by atoms with van der Waals surface area (Å²) in [7, 11) is 1.62. The van der Waals surface area contributed by atoms with Crippen LogP contribution in [0.1, 0.15) is 245 Å². The van der Waals surface area contributed by atoms with Gasteiger partial charge in [0.25, 0.3) is 0 Å². The van der Waals surface area contributed by atoms with E-state index in [1.807, 2.05) is 21.1 Å². The second-order valence-electron chi connectivity index (χ2n) is 18.5. The lowest BCUT2D eigenvalue weighted by molar-refractivity contribution is -0.870. The lowest BCUT2D eigenvalue weighted by Gasteiger charge is -2.26. The van der Waals surface area contributed by atoms with Gasteiger partial charge in [-0.25, -0.2) is 4.57 Å². The third-order valence-electron chi connectivity index (χ3n) is 11.5. The lowest BCUT2D eigenvalue weighted by atomic mass is 10.0. The maximum absolute atomic E-state index is 12.9. The van der Waals surface area contributed by atoms with Crippen LogP contribution in [0.4, 0.5) is 0 Å². The summed E-state index contributed by atoms with van der Waals surface area (Å²) in [5, 5.41) is 14.0. The molecule has 0 spiro atoms. The van der Waals surface area contributed by atoms with Crippen LogP contribution >= 0.6 is 7.82 Å². The molecule has 0 radical (unpaired) electrons. The van der Waals surface area contributed by atoms with Gasteiger partial charge in [-0.2, -0.15) is 0 Å². The molecule has 346 valence electrons. The minimum Gasteiger partial charge on any atom is -0.391 e. The van der Waals surface area contributed by atoms with Crippen LogP contribution in [-0.2, 0) is 18.4 Å². The van der Waals surface area contributed by atoms with Crippen LogP contribution in [0, 0.1) is 0 Å². The topological polar surface area (TPSA) is 105 Å². The number of aliphatic hydroxyl groups is 1. The van der Waals surface area contributed by atoms with Gasteiger partial charge in [-0.1, -0.05) is 212 Å². The van der Waals surface area contributed by atoms with E-state index in [2.05, 4.69) is 31.3 Å². The van der Waals surface area contributed by atoms with Crippen LogP contribution in [0.3, 0.4) is 0 Å². The van der Waals surface area contributed by atoms with Gasteiger partial charge in [0.15, 0.2) is 0 Å². The molecule has 58 heavy (non-hydrogen) atoms. The predicted octanol–water partition coefficient (Wildman–Crippen LogP) is 14.3. The standard InChI is InChI=1S/C49H99N2O6P/c1-6-8-10-12-14-16-18-20-22-24-25-27-29-31-33-35-37-39-41-43-49(53)50-47(46-57-58(54,55)56-45-44-51(3,4)5)48(52)42-40-38-36-34-32-30-28-26-23-21-19-17-15-13-11-9-7-2/h24-25,47-48,52H,6-23,26-46H2,1-5H3,(H-,50,53,54,55)/p+1/b25-24-. The third-order valence-corrected chi connectivity index (χ3v) is 12.5. The molecule has 0 aromatic heterocycles. The number of likely N-dealkylation sites (N-methyl/N-ethyl adjacent to an activating group) is 1. The summed E-state index contributed by atoms with van der Waals surface area (Å²) in [5.41, 5.74) is 0. The number of unbranched alkanes of at least 4 members (excludes halogenated alkanes) is 31. The zero-order valence-electron chi connectivity index (χ0n) is 39.3. The summed E-state index contributed by atoms with van der Waals surface area (Å²) in [4.78, 5) is 23.2. The Morgan fingerprint density at radius 2 is 0.931 bits per heavy atom. The Bertz CT molecular complexity index is 958. The highest BCUT2D eigenvalue weighted by atomic mass is 31.2. The Morgan fingerprint density at radius 3 is 1.33 bits per heavy atom. The number of aliphatic hydroxyl groups excluding tert-OH is 1. The summed E-state index contributed by atoms with van der Waals surface area (Å²) in [5.74, 6) is -0.146. The molecule has 0 aromatic carbocycles. The Balaban J connectivity index is 4.27. The first-order chi connectivity index (χ1) is 28.0. The van der Waals surface area contributed by atoms with Crippen molar-refractivity contribution in [2.75, 3.05) is 40.9 Å². The first-order valence-electron chi connectivity index (χ1n) is 25.1. The van der Waals surface area contributed by atoms with Crippen LogP contribution in [0.25, 0.3) is 0 Å². The smallest absolute Gasteiger partial charge is 0.391 e. The second kappa shape index (κ2) is 41.6. The molecule has 0 aromatic rings. The lowest BCUT2D eigenvalue weighted by Crippen LogP contribution is -2.46. The zero-order valence-corrected chi connectivity index (χ0v) is 40.2. The molecule has 8 nitrogen and oxygen atoms in total. The number of nitrogens with zero attached hydrogens (tertiary/aromatic N) is 1. The van der Waals surface area contributed by atoms with Crippen LogP contribution in [-0.4, -0.2) is 73.4 Å². The number of carbonyl (C=O) groups excluding carboxylic acids is 1. The number of hydrogen-bond donors (Lipinski definition) is 3. The van der Waals surface area contributed by atoms with E-state index in [4.69, 9.17) is 9.05 Å². The number of phosphoric acid groups is 1. The van der Waals surface area contributed by atoms with Crippen molar-refractivity contribution in [3.05, 3.63) is 12.2 Å². The molecule has 0 aliphatic rings. The molecule has 3 unspecified atom stereocenters. The van der Waals surface area contributed by atoms with Gasteiger partial charge in [0, 0.05) is 6.42 Å². The van der Waals surface area contributed by atoms with E-state index in [0.717, 1.165) is 38.5 Å². The zero-order chi connectivity index (χ0) is 42.8. The summed E-state index contributed by atoms with van der Waals surface area (Å²) in [6.07, 6.45) is 48.1. The average molecular weight is 844 g/mol. The quantitative estimate of drug-likeness (QED) is 0.0244. The number of rotatable bonds is 46. The molecule has 0 rings (SSSR count). The monoisotopic (exact) mass is 844 g/mol. The highest BCUT2D eigenvalue weighted by Gasteiger charge is 2.28. The summed E-state index contributed by atoms with van der Waals surface area (Å²) in [6, 6.07) is -0.759. The van der Waals surface area contributed by atoms with Gasteiger partial charge in [-0.3, -0.25) is 13.8 Å². The predicted molar refractivity (Wildman–Crippen MR) is 249 cm³/mol. The third kappa shape index (κ3) is 43.3. The first kappa shape index (κ1) is 57.2. The van der Waals surface area contributed by atoms with E-state index in [9.17, 15) is 19.4 Å². The van der Waals surface area contributed by atoms with Crippen molar-refractivity contribution in [1.82, 2.24) is 5.32 Å². The maximum atomic E-state index is 12.9. The number of hydrogen-bond acceptors (Lipinski definition) is 5. The summed E-state index contributed by atoms with van der Waals surface area (Å²) >= 11 is 0. The van der Waals surface area contributed by atoms with Gasteiger partial charge in [0.1, 0.15) is 13.2 Å². The van der Waals surface area contributed by atoms with E-state index >= 15 is 0 Å². The minimum atomic E-state index is -4.31. The molecule has 3 atom stereocenters.